The molecule has 0 N–H and O–H groups in total. The van der Waals surface area contributed by atoms with E-state index in [-0.39, 0.29) is 0 Å². The Morgan fingerprint density at radius 3 is 2.76 bits per heavy atom. The SMILES string of the molecule is C=C\C=C/C(=C\C)C(/C)=C/N=C(C)CCc1cnc(C)s1. The summed E-state index contributed by atoms with van der Waals surface area (Å²) in [5, 5.41) is 1.13. The molecule has 0 saturated heterocycles. The molecule has 0 spiro atoms. The minimum absolute atomic E-state index is 0.971. The summed E-state index contributed by atoms with van der Waals surface area (Å²) in [5.74, 6) is 0. The van der Waals surface area contributed by atoms with Gasteiger partial charge in [0.15, 0.2) is 0 Å². The van der Waals surface area contributed by atoms with Crippen molar-refractivity contribution in [2.75, 3.05) is 0 Å². The second-order valence-electron chi connectivity index (χ2n) is 4.86. The molecule has 1 aromatic heterocycles. The van der Waals surface area contributed by atoms with Gasteiger partial charge in [0, 0.05) is 23.0 Å². The molecule has 112 valence electrons. The van der Waals surface area contributed by atoms with E-state index in [1.54, 1.807) is 17.4 Å². The van der Waals surface area contributed by atoms with Gasteiger partial charge in [0.1, 0.15) is 0 Å². The van der Waals surface area contributed by atoms with Crippen molar-refractivity contribution in [2.24, 2.45) is 4.99 Å². The number of rotatable bonds is 7. The van der Waals surface area contributed by atoms with Crippen LogP contribution in [0.1, 0.15) is 37.1 Å². The lowest BCUT2D eigenvalue weighted by Crippen LogP contribution is -1.93. The van der Waals surface area contributed by atoms with Crippen LogP contribution in [0.15, 0.2) is 59.4 Å². The van der Waals surface area contributed by atoms with Crippen molar-refractivity contribution < 1.29 is 0 Å². The molecule has 0 aromatic carbocycles. The first-order chi connectivity index (χ1) is 10.1. The first-order valence-corrected chi connectivity index (χ1v) is 7.95. The van der Waals surface area contributed by atoms with Crippen LogP contribution in [-0.2, 0) is 6.42 Å². The van der Waals surface area contributed by atoms with Crippen LogP contribution >= 0.6 is 11.3 Å². The minimum Gasteiger partial charge on any atom is -0.266 e. The fourth-order valence-corrected chi connectivity index (χ4v) is 2.59. The molecule has 0 aliphatic carbocycles. The van der Waals surface area contributed by atoms with E-state index < -0.39 is 0 Å². The molecular weight excluding hydrogens is 276 g/mol. The molecule has 0 bridgehead atoms. The first kappa shape index (κ1) is 17.3. The van der Waals surface area contributed by atoms with Gasteiger partial charge in [0.2, 0.25) is 0 Å². The van der Waals surface area contributed by atoms with E-state index in [0.29, 0.717) is 0 Å². The Morgan fingerprint density at radius 2 is 2.19 bits per heavy atom. The van der Waals surface area contributed by atoms with Gasteiger partial charge >= 0.3 is 0 Å². The second kappa shape index (κ2) is 9.24. The highest BCUT2D eigenvalue weighted by atomic mass is 32.1. The van der Waals surface area contributed by atoms with Crippen molar-refractivity contribution in [2.45, 2.75) is 40.5 Å². The smallest absolute Gasteiger partial charge is 0.0896 e. The van der Waals surface area contributed by atoms with Crippen LogP contribution in [0.2, 0.25) is 0 Å². The predicted octanol–water partition coefficient (Wildman–Crippen LogP) is 5.44. The third kappa shape index (κ3) is 6.50. The summed E-state index contributed by atoms with van der Waals surface area (Å²) in [5.41, 5.74) is 3.47. The summed E-state index contributed by atoms with van der Waals surface area (Å²) in [6, 6.07) is 0. The van der Waals surface area contributed by atoms with Crippen molar-refractivity contribution >= 4 is 17.0 Å². The average Bonchev–Trinajstić information content (AvgIpc) is 2.89. The second-order valence-corrected chi connectivity index (χ2v) is 6.18. The van der Waals surface area contributed by atoms with E-state index in [9.17, 15) is 0 Å². The number of hydrogen-bond acceptors (Lipinski definition) is 3. The molecule has 1 aromatic rings. The molecule has 0 amide bonds. The molecule has 0 aliphatic heterocycles. The average molecular weight is 300 g/mol. The fraction of sp³-hybridized carbons (Fsp3) is 0.333. The first-order valence-electron chi connectivity index (χ1n) is 7.14. The van der Waals surface area contributed by atoms with Gasteiger partial charge in [-0.1, -0.05) is 30.9 Å². The number of aliphatic imine (C=N–C) groups is 1. The van der Waals surface area contributed by atoms with E-state index in [1.165, 1.54) is 10.5 Å². The Balaban J connectivity index is 2.62. The zero-order valence-electron chi connectivity index (χ0n) is 13.4. The molecule has 0 radical (unpaired) electrons. The zero-order chi connectivity index (χ0) is 15.7. The van der Waals surface area contributed by atoms with Crippen molar-refractivity contribution in [1.82, 2.24) is 4.98 Å². The predicted molar refractivity (Wildman–Crippen MR) is 95.1 cm³/mol. The van der Waals surface area contributed by atoms with Gasteiger partial charge in [0.05, 0.1) is 5.01 Å². The van der Waals surface area contributed by atoms with Crippen LogP contribution in [0.25, 0.3) is 0 Å². The van der Waals surface area contributed by atoms with Crippen molar-refractivity contribution in [3.05, 3.63) is 64.3 Å². The summed E-state index contributed by atoms with van der Waals surface area (Å²) in [4.78, 5) is 10.2. The molecule has 21 heavy (non-hydrogen) atoms. The number of hydrogen-bond donors (Lipinski definition) is 0. The third-order valence-corrected chi connectivity index (χ3v) is 4.03. The molecule has 2 nitrogen and oxygen atoms in total. The molecule has 0 saturated carbocycles. The van der Waals surface area contributed by atoms with Crippen molar-refractivity contribution in [3.63, 3.8) is 0 Å². The van der Waals surface area contributed by atoms with E-state index in [4.69, 9.17) is 0 Å². The molecule has 1 heterocycles. The van der Waals surface area contributed by atoms with Crippen molar-refractivity contribution in [3.8, 4) is 0 Å². The van der Waals surface area contributed by atoms with Crippen LogP contribution in [0.5, 0.6) is 0 Å². The normalized spacial score (nSPS) is 14.0. The maximum Gasteiger partial charge on any atom is 0.0896 e. The largest absolute Gasteiger partial charge is 0.266 e. The van der Waals surface area contributed by atoms with Crippen LogP contribution in [0.3, 0.4) is 0 Å². The monoisotopic (exact) mass is 300 g/mol. The molecule has 1 rings (SSSR count). The van der Waals surface area contributed by atoms with Gasteiger partial charge in [0.25, 0.3) is 0 Å². The molecule has 3 heteroatoms. The van der Waals surface area contributed by atoms with Crippen LogP contribution in [0.4, 0.5) is 0 Å². The fourth-order valence-electron chi connectivity index (χ4n) is 1.80. The Hall–Kier alpha value is -1.74. The Morgan fingerprint density at radius 1 is 1.43 bits per heavy atom. The minimum atomic E-state index is 0.971. The van der Waals surface area contributed by atoms with Gasteiger partial charge in [-0.15, -0.1) is 11.3 Å². The van der Waals surface area contributed by atoms with E-state index in [2.05, 4.69) is 36.5 Å². The third-order valence-electron chi connectivity index (χ3n) is 3.06. The lowest BCUT2D eigenvalue weighted by atomic mass is 10.1. The molecular formula is C18H24N2S. The summed E-state index contributed by atoms with van der Waals surface area (Å²) >= 11 is 1.76. The highest BCUT2D eigenvalue weighted by molar-refractivity contribution is 7.11. The van der Waals surface area contributed by atoms with Gasteiger partial charge in [-0.2, -0.15) is 0 Å². The maximum atomic E-state index is 4.56. The summed E-state index contributed by atoms with van der Waals surface area (Å²) in [6.07, 6.45) is 13.7. The number of nitrogens with zero attached hydrogens (tertiary/aromatic N) is 2. The number of aryl methyl sites for hydroxylation is 2. The van der Waals surface area contributed by atoms with Gasteiger partial charge in [-0.25, -0.2) is 4.98 Å². The molecule has 0 unspecified atom stereocenters. The highest BCUT2D eigenvalue weighted by Crippen LogP contribution is 2.14. The van der Waals surface area contributed by atoms with Crippen LogP contribution in [-0.4, -0.2) is 10.7 Å². The van der Waals surface area contributed by atoms with Crippen LogP contribution < -0.4 is 0 Å². The van der Waals surface area contributed by atoms with Crippen molar-refractivity contribution in [1.29, 1.82) is 0 Å². The van der Waals surface area contributed by atoms with E-state index in [1.807, 2.05) is 38.4 Å². The lowest BCUT2D eigenvalue weighted by Gasteiger charge is -2.01. The van der Waals surface area contributed by atoms with Gasteiger partial charge < -0.3 is 0 Å². The number of thiazole rings is 1. The number of aromatic nitrogens is 1. The topological polar surface area (TPSA) is 25.2 Å². The Bertz CT molecular complexity index is 586. The van der Waals surface area contributed by atoms with Gasteiger partial charge in [-0.3, -0.25) is 4.99 Å². The molecule has 0 atom stereocenters. The number of allylic oxidation sites excluding steroid dienone is 6. The molecule has 0 fully saturated rings. The quantitative estimate of drug-likeness (QED) is 0.486. The van der Waals surface area contributed by atoms with Crippen LogP contribution in [0, 0.1) is 6.92 Å². The standard InChI is InChI=1S/C18H24N2S/c1-6-8-9-17(7-2)14(3)12-19-15(4)10-11-18-13-20-16(5)21-18/h6-9,12-13H,1,10-11H2,2-5H3/b9-8-,14-12+,17-7+,19-15?. The maximum absolute atomic E-state index is 4.56. The Kier molecular flexibility index (Phi) is 7.62. The molecule has 0 aliphatic rings. The summed E-state index contributed by atoms with van der Waals surface area (Å²) in [7, 11) is 0. The van der Waals surface area contributed by atoms with Gasteiger partial charge in [-0.05, 0) is 51.7 Å². The highest BCUT2D eigenvalue weighted by Gasteiger charge is 1.99. The van der Waals surface area contributed by atoms with E-state index in [0.717, 1.165) is 29.1 Å². The zero-order valence-corrected chi connectivity index (χ0v) is 14.2. The summed E-state index contributed by atoms with van der Waals surface area (Å²) in [6.45, 7) is 11.9. The Labute approximate surface area is 132 Å². The lowest BCUT2D eigenvalue weighted by molar-refractivity contribution is 1.05. The summed E-state index contributed by atoms with van der Waals surface area (Å²) < 4.78 is 0. The van der Waals surface area contributed by atoms with E-state index >= 15 is 0 Å².